The lowest BCUT2D eigenvalue weighted by molar-refractivity contribution is -0.148. The van der Waals surface area contributed by atoms with E-state index in [0.29, 0.717) is 33.7 Å². The van der Waals surface area contributed by atoms with E-state index in [-0.39, 0.29) is 6.61 Å². The summed E-state index contributed by atoms with van der Waals surface area (Å²) in [5, 5.41) is 3.09. The van der Waals surface area contributed by atoms with E-state index in [2.05, 4.69) is 5.32 Å². The smallest absolute Gasteiger partial charge is 0.336 e. The maximum atomic E-state index is 12.9. The first-order valence-electron chi connectivity index (χ1n) is 10.4. The molecule has 1 aromatic carbocycles. The maximum absolute atomic E-state index is 12.9. The average Bonchev–Trinajstić information content (AvgIpc) is 2.70. The number of benzene rings is 1. The van der Waals surface area contributed by atoms with Crippen LogP contribution in [0.15, 0.2) is 52.9 Å². The van der Waals surface area contributed by atoms with Crippen LogP contribution in [0.25, 0.3) is 6.08 Å². The highest BCUT2D eigenvalue weighted by molar-refractivity contribution is 6.00. The molecular formula is C25H31NO6. The zero-order chi connectivity index (χ0) is 24.1. The van der Waals surface area contributed by atoms with Gasteiger partial charge in [0.1, 0.15) is 5.60 Å². The highest BCUT2D eigenvalue weighted by Crippen LogP contribution is 2.40. The van der Waals surface area contributed by atoms with Gasteiger partial charge in [0.05, 0.1) is 30.8 Å². The van der Waals surface area contributed by atoms with Gasteiger partial charge in [0, 0.05) is 17.5 Å². The fourth-order valence-corrected chi connectivity index (χ4v) is 3.58. The van der Waals surface area contributed by atoms with Gasteiger partial charge in [-0.2, -0.15) is 0 Å². The minimum absolute atomic E-state index is 0.193. The quantitative estimate of drug-likeness (QED) is 0.405. The zero-order valence-corrected chi connectivity index (χ0v) is 19.7. The number of methoxy groups -OCH3 is 1. The summed E-state index contributed by atoms with van der Waals surface area (Å²) in [5.74, 6) is -2.31. The van der Waals surface area contributed by atoms with E-state index in [0.717, 1.165) is 0 Å². The number of esters is 3. The highest BCUT2D eigenvalue weighted by atomic mass is 16.6. The van der Waals surface area contributed by atoms with Crippen LogP contribution in [-0.4, -0.2) is 37.2 Å². The number of dihydropyridines is 1. The summed E-state index contributed by atoms with van der Waals surface area (Å²) in [6.07, 6.45) is 2.95. The Morgan fingerprint density at radius 2 is 1.62 bits per heavy atom. The number of rotatable bonds is 6. The van der Waals surface area contributed by atoms with Gasteiger partial charge in [0.15, 0.2) is 0 Å². The second kappa shape index (κ2) is 10.3. The van der Waals surface area contributed by atoms with Crippen LogP contribution in [0.1, 0.15) is 58.6 Å². The molecule has 7 nitrogen and oxygen atoms in total. The molecule has 1 N–H and O–H groups in total. The first-order chi connectivity index (χ1) is 15.0. The molecular weight excluding hydrogens is 410 g/mol. The Balaban J connectivity index is 2.64. The summed E-state index contributed by atoms with van der Waals surface area (Å²) in [7, 11) is 1.29. The average molecular weight is 442 g/mol. The van der Waals surface area contributed by atoms with Crippen LogP contribution in [0, 0.1) is 0 Å². The molecule has 0 amide bonds. The predicted octanol–water partition coefficient (Wildman–Crippen LogP) is 4.01. The molecule has 32 heavy (non-hydrogen) atoms. The molecule has 1 aromatic rings. The minimum atomic E-state index is -0.734. The van der Waals surface area contributed by atoms with Crippen molar-refractivity contribution >= 4 is 24.0 Å². The van der Waals surface area contributed by atoms with Crippen LogP contribution in [-0.2, 0) is 28.6 Å². The molecule has 1 aliphatic rings. The van der Waals surface area contributed by atoms with Crippen LogP contribution in [0.5, 0.6) is 0 Å². The second-order valence-corrected chi connectivity index (χ2v) is 8.34. The Morgan fingerprint density at radius 3 is 2.19 bits per heavy atom. The molecule has 172 valence electrons. The molecule has 0 aliphatic carbocycles. The lowest BCUT2D eigenvalue weighted by Gasteiger charge is -2.31. The van der Waals surface area contributed by atoms with E-state index in [1.54, 1.807) is 53.7 Å². The molecule has 0 saturated carbocycles. The Hall–Kier alpha value is -3.35. The van der Waals surface area contributed by atoms with Crippen molar-refractivity contribution in [3.8, 4) is 0 Å². The van der Waals surface area contributed by atoms with E-state index in [1.807, 2.05) is 18.2 Å². The predicted molar refractivity (Wildman–Crippen MR) is 121 cm³/mol. The van der Waals surface area contributed by atoms with Crippen molar-refractivity contribution in [1.82, 2.24) is 5.32 Å². The lowest BCUT2D eigenvalue weighted by Crippen LogP contribution is -2.32. The fourth-order valence-electron chi connectivity index (χ4n) is 3.58. The van der Waals surface area contributed by atoms with Gasteiger partial charge in [0.25, 0.3) is 0 Å². The van der Waals surface area contributed by atoms with Crippen molar-refractivity contribution < 1.29 is 28.6 Å². The third kappa shape index (κ3) is 5.87. The number of ether oxygens (including phenoxy) is 3. The van der Waals surface area contributed by atoms with Crippen molar-refractivity contribution in [3.63, 3.8) is 0 Å². The summed E-state index contributed by atoms with van der Waals surface area (Å²) in [4.78, 5) is 37.9. The number of hydrogen-bond acceptors (Lipinski definition) is 7. The molecule has 2 rings (SSSR count). The maximum Gasteiger partial charge on any atom is 0.336 e. The molecule has 1 aliphatic heterocycles. The summed E-state index contributed by atoms with van der Waals surface area (Å²) in [6.45, 7) is 10.8. The minimum Gasteiger partial charge on any atom is -0.466 e. The molecule has 0 fully saturated rings. The van der Waals surface area contributed by atoms with Gasteiger partial charge >= 0.3 is 17.9 Å². The Morgan fingerprint density at radius 1 is 1.03 bits per heavy atom. The van der Waals surface area contributed by atoms with Crippen LogP contribution < -0.4 is 5.32 Å². The van der Waals surface area contributed by atoms with Crippen molar-refractivity contribution in [2.75, 3.05) is 13.7 Å². The van der Waals surface area contributed by atoms with Gasteiger partial charge in [-0.05, 0) is 58.7 Å². The van der Waals surface area contributed by atoms with Crippen LogP contribution >= 0.6 is 0 Å². The third-order valence-corrected chi connectivity index (χ3v) is 4.77. The van der Waals surface area contributed by atoms with Crippen molar-refractivity contribution in [1.29, 1.82) is 0 Å². The van der Waals surface area contributed by atoms with E-state index in [4.69, 9.17) is 14.2 Å². The first-order valence-corrected chi connectivity index (χ1v) is 10.4. The molecule has 0 bridgehead atoms. The summed E-state index contributed by atoms with van der Waals surface area (Å²) >= 11 is 0. The largest absolute Gasteiger partial charge is 0.466 e. The number of nitrogens with one attached hydrogen (secondary N) is 1. The molecule has 7 heteroatoms. The van der Waals surface area contributed by atoms with Gasteiger partial charge in [-0.1, -0.05) is 24.3 Å². The third-order valence-electron chi connectivity index (χ3n) is 4.77. The SMILES string of the molecule is CCOC(=O)C1=C(C)NC(C)=C(C(=O)OC)C1c1ccccc1/C=C\C(=O)OC(C)(C)C. The van der Waals surface area contributed by atoms with Crippen molar-refractivity contribution in [3.05, 3.63) is 64.0 Å². The van der Waals surface area contributed by atoms with E-state index < -0.39 is 29.4 Å². The van der Waals surface area contributed by atoms with Crippen molar-refractivity contribution in [2.45, 2.75) is 53.1 Å². The van der Waals surface area contributed by atoms with Crippen molar-refractivity contribution in [2.24, 2.45) is 0 Å². The number of carbonyl (C=O) groups excluding carboxylic acids is 3. The summed E-state index contributed by atoms with van der Waals surface area (Å²) < 4.78 is 15.7. The molecule has 0 spiro atoms. The van der Waals surface area contributed by atoms with Gasteiger partial charge in [-0.3, -0.25) is 0 Å². The Kier molecular flexibility index (Phi) is 8.02. The molecule has 0 radical (unpaired) electrons. The van der Waals surface area contributed by atoms with Gasteiger partial charge in [0.2, 0.25) is 0 Å². The number of hydrogen-bond donors (Lipinski definition) is 1. The molecule has 1 atom stereocenters. The van der Waals surface area contributed by atoms with E-state index in [9.17, 15) is 14.4 Å². The van der Waals surface area contributed by atoms with Gasteiger partial charge < -0.3 is 19.5 Å². The van der Waals surface area contributed by atoms with E-state index >= 15 is 0 Å². The standard InChI is InChI=1S/C25H31NO6/c1-8-31-24(29)21-16(3)26-15(2)20(23(28)30-7)22(21)18-12-10-9-11-17(18)13-14-19(27)32-25(4,5)6/h9-14,22,26H,8H2,1-7H3/b14-13-. The normalized spacial score (nSPS) is 16.7. The second-order valence-electron chi connectivity index (χ2n) is 8.34. The van der Waals surface area contributed by atoms with Gasteiger partial charge in [-0.15, -0.1) is 0 Å². The topological polar surface area (TPSA) is 90.9 Å². The summed E-state index contributed by atoms with van der Waals surface area (Å²) in [6, 6.07) is 7.24. The van der Waals surface area contributed by atoms with Gasteiger partial charge in [-0.25, -0.2) is 14.4 Å². The fraction of sp³-hybridized carbons (Fsp3) is 0.400. The van der Waals surface area contributed by atoms with Crippen LogP contribution in [0.3, 0.4) is 0 Å². The van der Waals surface area contributed by atoms with Crippen LogP contribution in [0.2, 0.25) is 0 Å². The summed E-state index contributed by atoms with van der Waals surface area (Å²) in [5.41, 5.74) is 2.49. The molecule has 0 saturated heterocycles. The Labute approximate surface area is 189 Å². The number of allylic oxidation sites excluding steroid dienone is 2. The Bertz CT molecular complexity index is 994. The lowest BCUT2D eigenvalue weighted by atomic mass is 9.78. The molecule has 0 aromatic heterocycles. The van der Waals surface area contributed by atoms with E-state index in [1.165, 1.54) is 13.2 Å². The molecule has 1 heterocycles. The monoisotopic (exact) mass is 441 g/mol. The number of carbonyl (C=O) groups is 3. The van der Waals surface area contributed by atoms with Crippen LogP contribution in [0.4, 0.5) is 0 Å². The zero-order valence-electron chi connectivity index (χ0n) is 19.7. The first kappa shape index (κ1) is 24.9. The molecule has 1 unspecified atom stereocenters. The highest BCUT2D eigenvalue weighted by Gasteiger charge is 2.38.